The fraction of sp³-hybridized carbons (Fsp3) is 0.375. The first-order chi connectivity index (χ1) is 12.6. The summed E-state index contributed by atoms with van der Waals surface area (Å²) in [6.45, 7) is 7.60. The zero-order valence-electron chi connectivity index (χ0n) is 16.3. The molecular formula is C24H30N2. The summed E-state index contributed by atoms with van der Waals surface area (Å²) < 4.78 is 2.22. The summed E-state index contributed by atoms with van der Waals surface area (Å²) in [6, 6.07) is 15.8. The molecule has 3 aromatic rings. The van der Waals surface area contributed by atoms with E-state index in [1.807, 2.05) is 12.5 Å². The van der Waals surface area contributed by atoms with Gasteiger partial charge in [0.15, 0.2) is 0 Å². The average Bonchev–Trinajstić information content (AvgIpc) is 3.13. The molecule has 2 nitrogen and oxygen atoms in total. The second-order valence-electron chi connectivity index (χ2n) is 7.62. The van der Waals surface area contributed by atoms with E-state index in [2.05, 4.69) is 79.0 Å². The fourth-order valence-corrected chi connectivity index (χ4v) is 3.63. The number of nitrogens with zero attached hydrogens (tertiary/aromatic N) is 2. The Kier molecular flexibility index (Phi) is 6.27. The van der Waals surface area contributed by atoms with Gasteiger partial charge in [0.25, 0.3) is 0 Å². The van der Waals surface area contributed by atoms with Crippen LogP contribution >= 0.6 is 0 Å². The van der Waals surface area contributed by atoms with Crippen molar-refractivity contribution in [1.29, 1.82) is 0 Å². The number of aryl methyl sites for hydroxylation is 5. The molecule has 1 atom stereocenters. The Balaban J connectivity index is 1.63. The maximum absolute atomic E-state index is 4.21. The van der Waals surface area contributed by atoms with Crippen molar-refractivity contribution in [3.63, 3.8) is 0 Å². The van der Waals surface area contributed by atoms with Gasteiger partial charge in [-0.15, -0.1) is 0 Å². The monoisotopic (exact) mass is 346 g/mol. The Hall–Kier alpha value is -2.35. The maximum Gasteiger partial charge on any atom is 0.0945 e. The minimum atomic E-state index is 0.659. The Labute approximate surface area is 157 Å². The standard InChI is InChI=1S/C24H30N2/c1-19-4-7-22(8-5-19)9-10-23(17-26-15-14-25-18-26)11-13-24-12-6-20(2)16-21(24)3/h4-8,12,14-16,18,23H,9-11,13,17H2,1-3H3. The van der Waals surface area contributed by atoms with Crippen LogP contribution in [-0.2, 0) is 19.4 Å². The number of hydrogen-bond acceptors (Lipinski definition) is 1. The van der Waals surface area contributed by atoms with Crippen LogP contribution in [-0.4, -0.2) is 9.55 Å². The first kappa shape index (κ1) is 18.4. The Morgan fingerprint density at radius 3 is 2.31 bits per heavy atom. The number of rotatable bonds is 8. The zero-order chi connectivity index (χ0) is 18.4. The van der Waals surface area contributed by atoms with E-state index in [9.17, 15) is 0 Å². The van der Waals surface area contributed by atoms with Gasteiger partial charge >= 0.3 is 0 Å². The smallest absolute Gasteiger partial charge is 0.0945 e. The van der Waals surface area contributed by atoms with Crippen molar-refractivity contribution in [2.75, 3.05) is 0 Å². The highest BCUT2D eigenvalue weighted by Gasteiger charge is 2.11. The summed E-state index contributed by atoms with van der Waals surface area (Å²) in [5.41, 5.74) is 7.03. The average molecular weight is 347 g/mol. The van der Waals surface area contributed by atoms with Crippen LogP contribution in [0.15, 0.2) is 61.2 Å². The number of hydrogen-bond donors (Lipinski definition) is 0. The minimum absolute atomic E-state index is 0.659. The molecule has 0 aliphatic carbocycles. The van der Waals surface area contributed by atoms with Crippen molar-refractivity contribution in [1.82, 2.24) is 9.55 Å². The molecule has 0 radical (unpaired) electrons. The number of aromatic nitrogens is 2. The SMILES string of the molecule is Cc1ccc(CCC(CCc2ccc(C)cc2C)Cn2ccnc2)cc1. The molecule has 0 amide bonds. The van der Waals surface area contributed by atoms with E-state index in [0.29, 0.717) is 5.92 Å². The third-order valence-corrected chi connectivity index (χ3v) is 5.31. The molecule has 1 unspecified atom stereocenters. The molecule has 26 heavy (non-hydrogen) atoms. The number of benzene rings is 2. The lowest BCUT2D eigenvalue weighted by Crippen LogP contribution is -2.12. The van der Waals surface area contributed by atoms with Crippen LogP contribution < -0.4 is 0 Å². The highest BCUT2D eigenvalue weighted by molar-refractivity contribution is 5.30. The van der Waals surface area contributed by atoms with Crippen LogP contribution in [0.5, 0.6) is 0 Å². The third kappa shape index (κ3) is 5.32. The van der Waals surface area contributed by atoms with Gasteiger partial charge in [-0.2, -0.15) is 0 Å². The second kappa shape index (κ2) is 8.84. The molecule has 0 saturated heterocycles. The van der Waals surface area contributed by atoms with E-state index in [1.165, 1.54) is 40.7 Å². The molecule has 0 bridgehead atoms. The summed E-state index contributed by atoms with van der Waals surface area (Å²) in [5.74, 6) is 0.659. The van der Waals surface area contributed by atoms with Crippen molar-refractivity contribution in [3.8, 4) is 0 Å². The van der Waals surface area contributed by atoms with Gasteiger partial charge in [0.1, 0.15) is 0 Å². The van der Waals surface area contributed by atoms with Gasteiger partial charge in [-0.1, -0.05) is 53.6 Å². The quantitative estimate of drug-likeness (QED) is 0.512. The molecule has 2 aromatic carbocycles. The lowest BCUT2D eigenvalue weighted by molar-refractivity contribution is 0.388. The molecule has 1 heterocycles. The highest BCUT2D eigenvalue weighted by Crippen LogP contribution is 2.21. The van der Waals surface area contributed by atoms with Crippen molar-refractivity contribution in [3.05, 3.63) is 89.0 Å². The molecule has 1 aromatic heterocycles. The molecule has 0 aliphatic heterocycles. The molecule has 0 aliphatic rings. The van der Waals surface area contributed by atoms with E-state index in [1.54, 1.807) is 0 Å². The Morgan fingerprint density at radius 1 is 0.885 bits per heavy atom. The molecule has 3 rings (SSSR count). The van der Waals surface area contributed by atoms with E-state index in [0.717, 1.165) is 19.4 Å². The fourth-order valence-electron chi connectivity index (χ4n) is 3.63. The predicted octanol–water partition coefficient (Wildman–Crippen LogP) is 5.69. The first-order valence-electron chi connectivity index (χ1n) is 9.67. The maximum atomic E-state index is 4.21. The van der Waals surface area contributed by atoms with Gasteiger partial charge in [-0.3, -0.25) is 0 Å². The van der Waals surface area contributed by atoms with E-state index in [4.69, 9.17) is 0 Å². The highest BCUT2D eigenvalue weighted by atomic mass is 15.0. The predicted molar refractivity (Wildman–Crippen MR) is 109 cm³/mol. The van der Waals surface area contributed by atoms with Crippen LogP contribution in [0.2, 0.25) is 0 Å². The summed E-state index contributed by atoms with van der Waals surface area (Å²) in [7, 11) is 0. The van der Waals surface area contributed by atoms with E-state index in [-0.39, 0.29) is 0 Å². The molecule has 0 spiro atoms. The third-order valence-electron chi connectivity index (χ3n) is 5.31. The molecule has 2 heteroatoms. The molecule has 0 fully saturated rings. The van der Waals surface area contributed by atoms with Gasteiger partial charge in [-0.05, 0) is 69.1 Å². The molecule has 0 saturated carbocycles. The first-order valence-corrected chi connectivity index (χ1v) is 9.67. The van der Waals surface area contributed by atoms with Crippen LogP contribution in [0.1, 0.15) is 40.7 Å². The molecule has 0 N–H and O–H groups in total. The lowest BCUT2D eigenvalue weighted by atomic mass is 9.91. The molecular weight excluding hydrogens is 316 g/mol. The minimum Gasteiger partial charge on any atom is -0.337 e. The van der Waals surface area contributed by atoms with Crippen LogP contribution in [0.25, 0.3) is 0 Å². The van der Waals surface area contributed by atoms with E-state index < -0.39 is 0 Å². The van der Waals surface area contributed by atoms with Crippen LogP contribution in [0, 0.1) is 26.7 Å². The van der Waals surface area contributed by atoms with Crippen molar-refractivity contribution < 1.29 is 0 Å². The van der Waals surface area contributed by atoms with Gasteiger partial charge in [0, 0.05) is 18.9 Å². The van der Waals surface area contributed by atoms with Gasteiger partial charge in [-0.25, -0.2) is 4.98 Å². The van der Waals surface area contributed by atoms with E-state index >= 15 is 0 Å². The number of imidazole rings is 1. The molecule has 136 valence electrons. The van der Waals surface area contributed by atoms with Gasteiger partial charge < -0.3 is 4.57 Å². The largest absolute Gasteiger partial charge is 0.337 e. The summed E-state index contributed by atoms with van der Waals surface area (Å²) in [4.78, 5) is 4.21. The lowest BCUT2D eigenvalue weighted by Gasteiger charge is -2.18. The Morgan fingerprint density at radius 2 is 1.62 bits per heavy atom. The normalized spacial score (nSPS) is 12.3. The van der Waals surface area contributed by atoms with Crippen molar-refractivity contribution in [2.24, 2.45) is 5.92 Å². The summed E-state index contributed by atoms with van der Waals surface area (Å²) in [5, 5.41) is 0. The van der Waals surface area contributed by atoms with Crippen LogP contribution in [0.3, 0.4) is 0 Å². The zero-order valence-corrected chi connectivity index (χ0v) is 16.3. The van der Waals surface area contributed by atoms with Gasteiger partial charge in [0.05, 0.1) is 6.33 Å². The summed E-state index contributed by atoms with van der Waals surface area (Å²) >= 11 is 0. The van der Waals surface area contributed by atoms with Gasteiger partial charge in [0.2, 0.25) is 0 Å². The summed E-state index contributed by atoms with van der Waals surface area (Å²) in [6.07, 6.45) is 10.6. The Bertz CT molecular complexity index is 801. The second-order valence-corrected chi connectivity index (χ2v) is 7.62. The van der Waals surface area contributed by atoms with Crippen molar-refractivity contribution in [2.45, 2.75) is 53.0 Å². The van der Waals surface area contributed by atoms with Crippen molar-refractivity contribution >= 4 is 0 Å². The van der Waals surface area contributed by atoms with Crippen LogP contribution in [0.4, 0.5) is 0 Å². The topological polar surface area (TPSA) is 17.8 Å².